The minimum Gasteiger partial charge on any atom is -1.00 e. The van der Waals surface area contributed by atoms with Crippen LogP contribution in [0.4, 0.5) is 4.39 Å². The van der Waals surface area contributed by atoms with Crippen LogP contribution in [0, 0.1) is 6.07 Å². The van der Waals surface area contributed by atoms with E-state index in [-0.39, 0.29) is 46.7 Å². The monoisotopic (exact) mass is 256 g/mol. The van der Waals surface area contributed by atoms with Gasteiger partial charge in [0.25, 0.3) is 0 Å². The Morgan fingerprint density at radius 2 is 2.15 bits per heavy atom. The van der Waals surface area contributed by atoms with Crippen molar-refractivity contribution in [1.29, 1.82) is 0 Å². The average Bonchev–Trinajstić information content (AvgIpc) is 2.07. The molecule has 0 saturated heterocycles. The van der Waals surface area contributed by atoms with Crippen LogP contribution in [0.1, 0.15) is 6.42 Å². The van der Waals surface area contributed by atoms with Crippen molar-refractivity contribution in [2.75, 3.05) is 13.3 Å². The molecule has 1 aromatic carbocycles. The van der Waals surface area contributed by atoms with Gasteiger partial charge in [-0.2, -0.15) is 18.2 Å². The van der Waals surface area contributed by atoms with Crippen molar-refractivity contribution < 1.29 is 26.1 Å². The molecule has 0 aliphatic heterocycles. The van der Waals surface area contributed by atoms with Crippen LogP contribution in [0.5, 0.6) is 5.75 Å². The Hall–Kier alpha value is 0.196. The topological polar surface area (TPSA) is 9.23 Å². The minimum absolute atomic E-state index is 0. The molecule has 0 unspecified atom stereocenters. The van der Waals surface area contributed by atoms with Crippen molar-refractivity contribution in [1.82, 2.24) is 0 Å². The van der Waals surface area contributed by atoms with Gasteiger partial charge in [-0.1, -0.05) is 0 Å². The summed E-state index contributed by atoms with van der Waals surface area (Å²) in [4.78, 5) is 0. The molecule has 0 radical (unpaired) electrons. The third-order valence-corrected chi connectivity index (χ3v) is 1.22. The quantitative estimate of drug-likeness (QED) is 0.376. The van der Waals surface area contributed by atoms with E-state index >= 15 is 0 Å². The summed E-state index contributed by atoms with van der Waals surface area (Å²) >= 11 is 0. The van der Waals surface area contributed by atoms with E-state index in [0.717, 1.165) is 0 Å². The van der Waals surface area contributed by atoms with E-state index < -0.39 is 0 Å². The van der Waals surface area contributed by atoms with Crippen LogP contribution < -0.4 is 21.7 Å². The molecule has 0 aliphatic carbocycles. The molecule has 0 amide bonds. The standard InChI is InChI=1S/C9H10FO.BrH.Mg/c10-7-4-8-11-9-5-2-1-3-6-9;;/h1-3,5H,4,7-8H2;1H;/q-1;;+2/p-1. The van der Waals surface area contributed by atoms with Crippen LogP contribution >= 0.6 is 0 Å². The predicted molar refractivity (Wildman–Crippen MR) is 47.1 cm³/mol. The van der Waals surface area contributed by atoms with Crippen molar-refractivity contribution in [3.63, 3.8) is 0 Å². The summed E-state index contributed by atoms with van der Waals surface area (Å²) in [5.74, 6) is 0.681. The number of halogens is 2. The van der Waals surface area contributed by atoms with Gasteiger partial charge in [0.05, 0.1) is 13.3 Å². The van der Waals surface area contributed by atoms with E-state index in [9.17, 15) is 4.39 Å². The Morgan fingerprint density at radius 1 is 1.38 bits per heavy atom. The fraction of sp³-hybridized carbons (Fsp3) is 0.333. The molecule has 0 N–H and O–H groups in total. The average molecular weight is 257 g/mol. The third-order valence-electron chi connectivity index (χ3n) is 1.22. The zero-order chi connectivity index (χ0) is 7.94. The maximum Gasteiger partial charge on any atom is 2.00 e. The molecule has 0 heterocycles. The van der Waals surface area contributed by atoms with Crippen molar-refractivity contribution in [2.24, 2.45) is 0 Å². The first-order chi connectivity index (χ1) is 5.43. The molecule has 1 nitrogen and oxygen atoms in total. The van der Waals surface area contributed by atoms with E-state index in [2.05, 4.69) is 6.07 Å². The largest absolute Gasteiger partial charge is 2.00 e. The van der Waals surface area contributed by atoms with Crippen molar-refractivity contribution >= 4 is 23.1 Å². The second kappa shape index (κ2) is 10.3. The van der Waals surface area contributed by atoms with Crippen LogP contribution in [0.2, 0.25) is 0 Å². The van der Waals surface area contributed by atoms with Crippen molar-refractivity contribution in [3.05, 3.63) is 30.3 Å². The third kappa shape index (κ3) is 7.28. The molecule has 0 aliphatic rings. The number of hydrogen-bond acceptors (Lipinski definition) is 1. The first-order valence-electron chi connectivity index (χ1n) is 3.59. The van der Waals surface area contributed by atoms with Gasteiger partial charge in [-0.15, -0.1) is 12.1 Å². The van der Waals surface area contributed by atoms with E-state index in [1.54, 1.807) is 12.1 Å². The second-order valence-corrected chi connectivity index (χ2v) is 2.12. The summed E-state index contributed by atoms with van der Waals surface area (Å²) in [7, 11) is 0. The molecule has 0 spiro atoms. The van der Waals surface area contributed by atoms with Gasteiger partial charge < -0.3 is 21.7 Å². The first kappa shape index (κ1) is 15.7. The number of rotatable bonds is 4. The number of hydrogen-bond donors (Lipinski definition) is 0. The summed E-state index contributed by atoms with van der Waals surface area (Å²) in [5.41, 5.74) is 0. The van der Waals surface area contributed by atoms with Gasteiger partial charge >= 0.3 is 23.1 Å². The number of ether oxygens (including phenoxy) is 1. The number of benzene rings is 1. The predicted octanol–water partition coefficient (Wildman–Crippen LogP) is -1.15. The van der Waals surface area contributed by atoms with Gasteiger partial charge in [-0.05, 0) is 0 Å². The molecule has 4 heteroatoms. The van der Waals surface area contributed by atoms with Gasteiger partial charge in [0, 0.05) is 12.2 Å². The molecule has 68 valence electrons. The molecule has 1 aromatic rings. The fourth-order valence-electron chi connectivity index (χ4n) is 0.703. The van der Waals surface area contributed by atoms with E-state index in [4.69, 9.17) is 4.74 Å². The molecular formula is C9H10BrFMgO. The van der Waals surface area contributed by atoms with E-state index in [0.29, 0.717) is 18.8 Å². The second-order valence-electron chi connectivity index (χ2n) is 2.12. The summed E-state index contributed by atoms with van der Waals surface area (Å²) < 4.78 is 16.8. The van der Waals surface area contributed by atoms with Gasteiger partial charge in [-0.25, -0.2) is 0 Å². The summed E-state index contributed by atoms with van der Waals surface area (Å²) in [6.45, 7) is 0.101. The van der Waals surface area contributed by atoms with Crippen LogP contribution in [0.3, 0.4) is 0 Å². The summed E-state index contributed by atoms with van der Waals surface area (Å²) in [6, 6.07) is 10.2. The molecule has 0 bridgehead atoms. The SMILES string of the molecule is FCCCOc1[c-]cccc1.[Br-].[Mg+2]. The minimum atomic E-state index is -0.327. The Kier molecular flexibility index (Phi) is 12.4. The Bertz CT molecular complexity index is 196. The molecule has 1 rings (SSSR count). The van der Waals surface area contributed by atoms with Gasteiger partial charge in [-0.3, -0.25) is 4.39 Å². The van der Waals surface area contributed by atoms with Crippen molar-refractivity contribution in [2.45, 2.75) is 6.42 Å². The van der Waals surface area contributed by atoms with Gasteiger partial charge in [0.2, 0.25) is 0 Å². The Morgan fingerprint density at radius 3 is 2.69 bits per heavy atom. The van der Waals surface area contributed by atoms with Crippen LogP contribution in [-0.2, 0) is 0 Å². The van der Waals surface area contributed by atoms with Gasteiger partial charge in [0.1, 0.15) is 0 Å². The van der Waals surface area contributed by atoms with Gasteiger partial charge in [0.15, 0.2) is 0 Å². The number of para-hydroxylation sites is 1. The smallest absolute Gasteiger partial charge is 1.00 e. The molecule has 0 aromatic heterocycles. The molecule has 0 fully saturated rings. The molecule has 0 atom stereocenters. The van der Waals surface area contributed by atoms with E-state index in [1.807, 2.05) is 12.1 Å². The van der Waals surface area contributed by atoms with Crippen LogP contribution in [-0.4, -0.2) is 36.3 Å². The summed E-state index contributed by atoms with van der Waals surface area (Å²) in [6.07, 6.45) is 0.447. The Labute approximate surface area is 105 Å². The fourth-order valence-corrected chi connectivity index (χ4v) is 0.703. The maximum absolute atomic E-state index is 11.6. The molecule has 13 heavy (non-hydrogen) atoms. The molecule has 0 saturated carbocycles. The van der Waals surface area contributed by atoms with Crippen molar-refractivity contribution in [3.8, 4) is 5.75 Å². The van der Waals surface area contributed by atoms with E-state index in [1.165, 1.54) is 0 Å². The zero-order valence-corrected chi connectivity index (χ0v) is 10.3. The zero-order valence-electron chi connectivity index (χ0n) is 7.30. The Balaban J connectivity index is 0. The molecular weight excluding hydrogens is 247 g/mol. The van der Waals surface area contributed by atoms with Crippen LogP contribution in [0.15, 0.2) is 24.3 Å². The maximum atomic E-state index is 11.6. The number of alkyl halides is 1. The van der Waals surface area contributed by atoms with Crippen LogP contribution in [0.25, 0.3) is 0 Å². The normalized spacial score (nSPS) is 8.08. The summed E-state index contributed by atoms with van der Waals surface area (Å²) in [5, 5.41) is 0. The first-order valence-corrected chi connectivity index (χ1v) is 3.59.